The van der Waals surface area contributed by atoms with Gasteiger partial charge in [-0.25, -0.2) is 15.0 Å². The number of nitrogens with one attached hydrogen (secondary N) is 1. The quantitative estimate of drug-likeness (QED) is 0.269. The largest absolute Gasteiger partial charge is 0.397 e. The maximum Gasteiger partial charge on any atom is 0.275 e. The number of carbonyl (C=O) groups is 1. The molecule has 8 nitrogen and oxygen atoms in total. The number of nitrogens with zero attached hydrogens (tertiary/aromatic N) is 4. The number of hydrogen-bond acceptors (Lipinski definition) is 7. The van der Waals surface area contributed by atoms with Crippen molar-refractivity contribution in [3.8, 4) is 11.1 Å². The van der Waals surface area contributed by atoms with Crippen LogP contribution in [0.4, 0.5) is 21.6 Å². The second kappa shape index (κ2) is 9.88. The molecule has 0 spiro atoms. The zero-order valence-electron chi connectivity index (χ0n) is 17.7. The lowest BCUT2D eigenvalue weighted by Crippen LogP contribution is -2.38. The number of nitrogen functional groups attached to an aromatic ring is 1. The molecule has 0 aliphatic heterocycles. The lowest BCUT2D eigenvalue weighted by Gasteiger charge is -2.30. The molecule has 2 aromatic heterocycles. The van der Waals surface area contributed by atoms with Crippen LogP contribution < -0.4 is 16.0 Å². The number of pyridine rings is 1. The van der Waals surface area contributed by atoms with Crippen molar-refractivity contribution in [2.24, 2.45) is 5.41 Å². The second-order valence-corrected chi connectivity index (χ2v) is 8.11. The Kier molecular flexibility index (Phi) is 7.22. The number of aliphatic hydroxyl groups is 1. The number of anilines is 3. The number of aliphatic hydroxyl groups excluding tert-OH is 1. The van der Waals surface area contributed by atoms with Gasteiger partial charge < -0.3 is 21.1 Å². The van der Waals surface area contributed by atoms with Crippen LogP contribution in [0.15, 0.2) is 48.9 Å². The topological polar surface area (TPSA) is 117 Å². The number of carbonyl (C=O) groups excluding carboxylic acids is 1. The Labute approximate surface area is 190 Å². The molecule has 1 atom stereocenters. The molecule has 1 aromatic carbocycles. The van der Waals surface area contributed by atoms with E-state index in [0.717, 1.165) is 5.56 Å². The molecule has 2 heterocycles. The molecule has 1 unspecified atom stereocenters. The highest BCUT2D eigenvalue weighted by molar-refractivity contribution is 6.18. The lowest BCUT2D eigenvalue weighted by atomic mass is 9.94. The molecular weight excluding hydrogens is 435 g/mol. The summed E-state index contributed by atoms with van der Waals surface area (Å²) in [6.45, 7) is 2.27. The van der Waals surface area contributed by atoms with Crippen molar-refractivity contribution in [2.75, 3.05) is 42.0 Å². The summed E-state index contributed by atoms with van der Waals surface area (Å²) in [5.41, 5.74) is 7.78. The van der Waals surface area contributed by atoms with Crippen LogP contribution in [-0.4, -0.2) is 52.0 Å². The number of rotatable bonds is 8. The molecule has 0 radical (unpaired) electrons. The summed E-state index contributed by atoms with van der Waals surface area (Å²) in [6.07, 6.45) is 4.24. The molecule has 3 rings (SSSR count). The molecule has 0 bridgehead atoms. The number of halogens is 2. The van der Waals surface area contributed by atoms with Gasteiger partial charge in [0.2, 0.25) is 5.95 Å². The van der Waals surface area contributed by atoms with Gasteiger partial charge in [0, 0.05) is 36.6 Å². The third-order valence-corrected chi connectivity index (χ3v) is 5.59. The Balaban J connectivity index is 1.73. The van der Waals surface area contributed by atoms with E-state index in [1.165, 1.54) is 24.7 Å². The third kappa shape index (κ3) is 5.49. The highest BCUT2D eigenvalue weighted by Crippen LogP contribution is 2.27. The second-order valence-electron chi connectivity index (χ2n) is 7.84. The molecule has 0 saturated heterocycles. The van der Waals surface area contributed by atoms with Crippen LogP contribution in [0.1, 0.15) is 17.4 Å². The summed E-state index contributed by atoms with van der Waals surface area (Å²) in [6, 6.07) is 7.93. The highest BCUT2D eigenvalue weighted by Gasteiger charge is 2.25. The van der Waals surface area contributed by atoms with Gasteiger partial charge in [-0.1, -0.05) is 13.0 Å². The van der Waals surface area contributed by atoms with E-state index in [4.69, 9.17) is 17.3 Å². The summed E-state index contributed by atoms with van der Waals surface area (Å²) >= 11 is 5.95. The molecular formula is C22H24ClFN6O2. The van der Waals surface area contributed by atoms with E-state index in [1.807, 2.05) is 11.8 Å². The normalized spacial score (nSPS) is 12.8. The van der Waals surface area contributed by atoms with Gasteiger partial charge in [0.1, 0.15) is 11.5 Å². The standard InChI is InChI=1S/C22H24ClFN6O2/c1-22(11-23,13-31)12-30(2)20-10-26-18(9-28-20)21(32)29-17-7-14(3-5-16(17)25)15-4-6-19(24)27-8-15/h3-10,31H,11-13,25H2,1-2H3,(H,29,32). The number of alkyl halides is 1. The minimum Gasteiger partial charge on any atom is -0.397 e. The lowest BCUT2D eigenvalue weighted by molar-refractivity contribution is 0.102. The first kappa shape index (κ1) is 23.4. The van der Waals surface area contributed by atoms with E-state index < -0.39 is 17.3 Å². The molecule has 1 amide bonds. The predicted molar refractivity (Wildman–Crippen MR) is 123 cm³/mol. The highest BCUT2D eigenvalue weighted by atomic mass is 35.5. The van der Waals surface area contributed by atoms with E-state index in [0.29, 0.717) is 29.3 Å². The summed E-state index contributed by atoms with van der Waals surface area (Å²) in [7, 11) is 1.81. The fourth-order valence-corrected chi connectivity index (χ4v) is 3.17. The van der Waals surface area contributed by atoms with Crippen molar-refractivity contribution in [1.29, 1.82) is 0 Å². The molecule has 32 heavy (non-hydrogen) atoms. The SMILES string of the molecule is CN(CC(C)(CO)CCl)c1cnc(C(=O)Nc2cc(-c3ccc(F)nc3)ccc2N)cn1. The number of aromatic nitrogens is 3. The van der Waals surface area contributed by atoms with Crippen LogP contribution in [-0.2, 0) is 0 Å². The smallest absolute Gasteiger partial charge is 0.275 e. The van der Waals surface area contributed by atoms with Gasteiger partial charge >= 0.3 is 0 Å². The van der Waals surface area contributed by atoms with Gasteiger partial charge in [0.15, 0.2) is 0 Å². The summed E-state index contributed by atoms with van der Waals surface area (Å²) in [5, 5.41) is 12.3. The maximum absolute atomic E-state index is 13.1. The first-order valence-corrected chi connectivity index (χ1v) is 10.3. The van der Waals surface area contributed by atoms with Gasteiger partial charge in [-0.2, -0.15) is 4.39 Å². The van der Waals surface area contributed by atoms with Crippen LogP contribution in [0.2, 0.25) is 0 Å². The Morgan fingerprint density at radius 1 is 1.19 bits per heavy atom. The van der Waals surface area contributed by atoms with E-state index in [2.05, 4.69) is 20.3 Å². The zero-order valence-corrected chi connectivity index (χ0v) is 18.5. The van der Waals surface area contributed by atoms with E-state index in [-0.39, 0.29) is 18.2 Å². The van der Waals surface area contributed by atoms with Crippen LogP contribution in [0.3, 0.4) is 0 Å². The Morgan fingerprint density at radius 2 is 1.94 bits per heavy atom. The first-order chi connectivity index (χ1) is 15.2. The number of hydrogen-bond donors (Lipinski definition) is 3. The Hall–Kier alpha value is -3.30. The molecule has 4 N–H and O–H groups in total. The van der Waals surface area contributed by atoms with E-state index >= 15 is 0 Å². The predicted octanol–water partition coefficient (Wildman–Crippen LogP) is 3.19. The minimum absolute atomic E-state index is 0.0662. The first-order valence-electron chi connectivity index (χ1n) is 9.77. The van der Waals surface area contributed by atoms with Crippen molar-refractivity contribution in [3.05, 3.63) is 60.6 Å². The van der Waals surface area contributed by atoms with E-state index in [1.54, 1.807) is 31.3 Å². The number of nitrogens with two attached hydrogens (primary N) is 1. The van der Waals surface area contributed by atoms with Gasteiger partial charge in [-0.3, -0.25) is 4.79 Å². The zero-order chi connectivity index (χ0) is 23.3. The summed E-state index contributed by atoms with van der Waals surface area (Å²) in [4.78, 5) is 26.6. The van der Waals surface area contributed by atoms with Crippen molar-refractivity contribution < 1.29 is 14.3 Å². The van der Waals surface area contributed by atoms with Gasteiger partial charge in [-0.15, -0.1) is 11.6 Å². The average molecular weight is 459 g/mol. The molecule has 0 fully saturated rings. The Morgan fingerprint density at radius 3 is 2.53 bits per heavy atom. The van der Waals surface area contributed by atoms with Crippen molar-refractivity contribution >= 4 is 34.7 Å². The Bertz CT molecular complexity index is 1070. The molecule has 168 valence electrons. The monoisotopic (exact) mass is 458 g/mol. The van der Waals surface area contributed by atoms with Crippen LogP contribution in [0.25, 0.3) is 11.1 Å². The maximum atomic E-state index is 13.1. The van der Waals surface area contributed by atoms with Crippen LogP contribution >= 0.6 is 11.6 Å². The van der Waals surface area contributed by atoms with E-state index in [9.17, 15) is 14.3 Å². The molecule has 0 saturated carbocycles. The molecule has 10 heteroatoms. The molecule has 3 aromatic rings. The average Bonchev–Trinajstić information content (AvgIpc) is 2.81. The fourth-order valence-electron chi connectivity index (χ4n) is 3.00. The van der Waals surface area contributed by atoms with Crippen LogP contribution in [0.5, 0.6) is 0 Å². The van der Waals surface area contributed by atoms with Gasteiger partial charge in [0.25, 0.3) is 5.91 Å². The van der Waals surface area contributed by atoms with Crippen molar-refractivity contribution in [3.63, 3.8) is 0 Å². The number of benzene rings is 1. The fraction of sp³-hybridized carbons (Fsp3) is 0.273. The molecule has 0 aliphatic rings. The molecule has 0 aliphatic carbocycles. The number of amides is 1. The van der Waals surface area contributed by atoms with Crippen LogP contribution in [0, 0.1) is 11.4 Å². The summed E-state index contributed by atoms with van der Waals surface area (Å²) < 4.78 is 13.1. The third-order valence-electron chi connectivity index (χ3n) is 4.95. The minimum atomic E-state index is -0.575. The van der Waals surface area contributed by atoms with Gasteiger partial charge in [-0.05, 0) is 29.8 Å². The van der Waals surface area contributed by atoms with Gasteiger partial charge in [0.05, 0.1) is 30.4 Å². The van der Waals surface area contributed by atoms with Crippen molar-refractivity contribution in [1.82, 2.24) is 15.0 Å². The summed E-state index contributed by atoms with van der Waals surface area (Å²) in [5.74, 6) is -0.226. The van der Waals surface area contributed by atoms with Crippen molar-refractivity contribution in [2.45, 2.75) is 6.92 Å².